The third-order valence-electron chi connectivity index (χ3n) is 4.55. The maximum atomic E-state index is 13.0. The Bertz CT molecular complexity index is 887. The predicted octanol–water partition coefficient (Wildman–Crippen LogP) is 4.08. The number of alkyl halides is 6. The highest BCUT2D eigenvalue weighted by Gasteiger charge is 2.42. The molecule has 2 aliphatic heterocycles. The van der Waals surface area contributed by atoms with Crippen LogP contribution in [0, 0.1) is 0 Å². The minimum Gasteiger partial charge on any atom is -0.406 e. The van der Waals surface area contributed by atoms with Crippen LogP contribution in [0.2, 0.25) is 0 Å². The number of benzene rings is 1. The first-order chi connectivity index (χ1) is 14.0. The highest BCUT2D eigenvalue weighted by Crippen LogP contribution is 2.33. The summed E-state index contributed by atoms with van der Waals surface area (Å²) in [6.07, 6.45) is -5.94. The normalized spacial score (nSPS) is 21.1. The van der Waals surface area contributed by atoms with Crippen LogP contribution in [0.3, 0.4) is 0 Å². The third-order valence-corrected chi connectivity index (χ3v) is 4.55. The van der Waals surface area contributed by atoms with Crippen molar-refractivity contribution < 1.29 is 35.9 Å². The van der Waals surface area contributed by atoms with Crippen molar-refractivity contribution in [3.8, 4) is 5.75 Å². The van der Waals surface area contributed by atoms with Gasteiger partial charge in [0.1, 0.15) is 17.6 Å². The summed E-state index contributed by atoms with van der Waals surface area (Å²) in [4.78, 5) is 18.2. The molecule has 0 saturated carbocycles. The molecule has 5 nitrogen and oxygen atoms in total. The zero-order valence-electron chi connectivity index (χ0n) is 15.6. The molecule has 0 aliphatic carbocycles. The van der Waals surface area contributed by atoms with Crippen LogP contribution in [0.4, 0.5) is 26.3 Å². The van der Waals surface area contributed by atoms with Crippen molar-refractivity contribution in [2.24, 2.45) is 4.99 Å². The maximum Gasteiger partial charge on any atom is 0.573 e. The van der Waals surface area contributed by atoms with Gasteiger partial charge in [-0.1, -0.05) is 19.1 Å². The first-order valence-electron chi connectivity index (χ1n) is 8.93. The number of fused-ring (bicyclic) bond motifs is 1. The van der Waals surface area contributed by atoms with Gasteiger partial charge in [-0.2, -0.15) is 13.2 Å². The van der Waals surface area contributed by atoms with Gasteiger partial charge in [-0.25, -0.2) is 0 Å². The van der Waals surface area contributed by atoms with Crippen molar-refractivity contribution in [2.45, 2.75) is 44.5 Å². The number of hydrogen-bond donors (Lipinski definition) is 1. The van der Waals surface area contributed by atoms with E-state index in [0.717, 1.165) is 24.4 Å². The molecule has 162 valence electrons. The average molecular weight is 433 g/mol. The van der Waals surface area contributed by atoms with E-state index in [4.69, 9.17) is 0 Å². The van der Waals surface area contributed by atoms with Crippen molar-refractivity contribution in [2.75, 3.05) is 0 Å². The molecule has 0 spiro atoms. The van der Waals surface area contributed by atoms with E-state index in [-0.39, 0.29) is 12.4 Å². The van der Waals surface area contributed by atoms with Crippen LogP contribution < -0.4 is 10.1 Å². The molecule has 1 aromatic carbocycles. The van der Waals surface area contributed by atoms with Gasteiger partial charge >= 0.3 is 12.5 Å². The van der Waals surface area contributed by atoms with Crippen molar-refractivity contribution in [1.29, 1.82) is 0 Å². The largest absolute Gasteiger partial charge is 0.573 e. The van der Waals surface area contributed by atoms with Crippen LogP contribution in [0.5, 0.6) is 5.75 Å². The molecular formula is C19H17F6N3O2. The number of carbonyl (C=O) groups excluding carboxylic acids is 1. The van der Waals surface area contributed by atoms with Gasteiger partial charge in [0, 0.05) is 12.7 Å². The van der Waals surface area contributed by atoms with Gasteiger partial charge in [-0.05, 0) is 36.3 Å². The number of nitrogens with one attached hydrogen (secondary N) is 1. The fourth-order valence-corrected chi connectivity index (χ4v) is 3.15. The highest BCUT2D eigenvalue weighted by atomic mass is 19.4. The van der Waals surface area contributed by atoms with E-state index >= 15 is 0 Å². The summed E-state index contributed by atoms with van der Waals surface area (Å²) in [5.74, 6) is -0.671. The van der Waals surface area contributed by atoms with Gasteiger partial charge in [0.25, 0.3) is 0 Å². The molecular weight excluding hydrogens is 416 g/mol. The van der Waals surface area contributed by atoms with E-state index in [0.29, 0.717) is 12.0 Å². The molecule has 2 heterocycles. The lowest BCUT2D eigenvalue weighted by Crippen LogP contribution is -2.48. The van der Waals surface area contributed by atoms with Crippen LogP contribution in [0.1, 0.15) is 18.9 Å². The molecule has 0 bridgehead atoms. The van der Waals surface area contributed by atoms with Crippen molar-refractivity contribution in [1.82, 2.24) is 10.2 Å². The van der Waals surface area contributed by atoms with E-state index in [2.05, 4.69) is 15.0 Å². The Morgan fingerprint density at radius 3 is 2.37 bits per heavy atom. The summed E-state index contributed by atoms with van der Waals surface area (Å²) in [6.45, 7) is 1.75. The number of amidine groups is 1. The smallest absolute Gasteiger partial charge is 0.406 e. The Morgan fingerprint density at radius 1 is 1.13 bits per heavy atom. The molecule has 3 rings (SSSR count). The van der Waals surface area contributed by atoms with Crippen LogP contribution in [-0.2, 0) is 11.3 Å². The molecule has 1 N–H and O–H groups in total. The molecule has 2 aliphatic rings. The number of aliphatic imine (C=N–C) groups is 1. The van der Waals surface area contributed by atoms with Crippen molar-refractivity contribution >= 4 is 11.7 Å². The van der Waals surface area contributed by atoms with E-state index in [9.17, 15) is 31.1 Å². The second-order valence-electron chi connectivity index (χ2n) is 6.64. The Balaban J connectivity index is 1.68. The zero-order valence-corrected chi connectivity index (χ0v) is 15.6. The molecule has 0 aromatic heterocycles. The van der Waals surface area contributed by atoms with E-state index in [1.165, 1.54) is 23.1 Å². The van der Waals surface area contributed by atoms with Gasteiger partial charge in [0.15, 0.2) is 0 Å². The second kappa shape index (κ2) is 8.04. The van der Waals surface area contributed by atoms with Gasteiger partial charge < -0.3 is 15.0 Å². The van der Waals surface area contributed by atoms with Gasteiger partial charge in [-0.15, -0.1) is 13.2 Å². The highest BCUT2D eigenvalue weighted by molar-refractivity contribution is 6.01. The first kappa shape index (κ1) is 21.7. The summed E-state index contributed by atoms with van der Waals surface area (Å²) in [5.41, 5.74) is -0.397. The Kier molecular flexibility index (Phi) is 5.82. The quantitative estimate of drug-likeness (QED) is 0.713. The summed E-state index contributed by atoms with van der Waals surface area (Å²) < 4.78 is 79.5. The standard InChI is InChI=1S/C19H17F6N3O2/c1-2-14-16(28-10-12(18(20,21)22)5-8-15(28)27-14)17(29)26-9-11-3-6-13(7-4-11)30-19(23,24)25/h3-8,10,14,16H,2,9H2,1H3,(H,26,29). The van der Waals surface area contributed by atoms with E-state index in [1.807, 2.05) is 0 Å². The van der Waals surface area contributed by atoms with E-state index in [1.54, 1.807) is 6.92 Å². The summed E-state index contributed by atoms with van der Waals surface area (Å²) in [6, 6.07) is 3.42. The SMILES string of the molecule is CCC1N=C2C=CC(C(F)(F)F)=CN2C1C(=O)NCc1ccc(OC(F)(F)F)cc1. The fourth-order valence-electron chi connectivity index (χ4n) is 3.15. The van der Waals surface area contributed by atoms with Crippen molar-refractivity contribution in [3.63, 3.8) is 0 Å². The number of halogens is 6. The number of amides is 1. The van der Waals surface area contributed by atoms with Crippen LogP contribution >= 0.6 is 0 Å². The molecule has 1 aromatic rings. The first-order valence-corrected chi connectivity index (χ1v) is 8.93. The Labute approximate surface area is 167 Å². The monoisotopic (exact) mass is 433 g/mol. The molecule has 0 radical (unpaired) electrons. The lowest BCUT2D eigenvalue weighted by atomic mass is 10.0. The summed E-state index contributed by atoms with van der Waals surface area (Å²) in [7, 11) is 0. The van der Waals surface area contributed by atoms with Crippen LogP contribution in [0.25, 0.3) is 0 Å². The molecule has 2 unspecified atom stereocenters. The molecule has 0 saturated heterocycles. The number of allylic oxidation sites excluding steroid dienone is 2. The predicted molar refractivity (Wildman–Crippen MR) is 95.4 cm³/mol. The Morgan fingerprint density at radius 2 is 1.80 bits per heavy atom. The zero-order chi connectivity index (χ0) is 22.1. The number of rotatable bonds is 5. The maximum absolute atomic E-state index is 13.0. The third kappa shape index (κ3) is 4.95. The fraction of sp³-hybridized carbons (Fsp3) is 0.368. The lowest BCUT2D eigenvalue weighted by molar-refractivity contribution is -0.274. The summed E-state index contributed by atoms with van der Waals surface area (Å²) in [5, 5.41) is 2.61. The van der Waals surface area contributed by atoms with Gasteiger partial charge in [0.05, 0.1) is 11.6 Å². The minimum absolute atomic E-state index is 0.0209. The number of hydrogen-bond acceptors (Lipinski definition) is 4. The van der Waals surface area contributed by atoms with Gasteiger partial charge in [-0.3, -0.25) is 9.79 Å². The van der Waals surface area contributed by atoms with Crippen LogP contribution in [-0.4, -0.2) is 41.3 Å². The Hall–Kier alpha value is -2.98. The number of ether oxygens (including phenoxy) is 1. The molecule has 2 atom stereocenters. The summed E-state index contributed by atoms with van der Waals surface area (Å²) >= 11 is 0. The van der Waals surface area contributed by atoms with Crippen molar-refractivity contribution in [3.05, 3.63) is 53.8 Å². The number of carbonyl (C=O) groups is 1. The lowest BCUT2D eigenvalue weighted by Gasteiger charge is -2.28. The van der Waals surface area contributed by atoms with E-state index < -0.39 is 41.9 Å². The topological polar surface area (TPSA) is 53.9 Å². The number of nitrogens with zero attached hydrogens (tertiary/aromatic N) is 2. The molecule has 11 heteroatoms. The van der Waals surface area contributed by atoms with Gasteiger partial charge in [0.2, 0.25) is 5.91 Å². The molecule has 1 amide bonds. The van der Waals surface area contributed by atoms with Crippen LogP contribution in [0.15, 0.2) is 53.2 Å². The molecule has 0 fully saturated rings. The molecule has 30 heavy (non-hydrogen) atoms. The minimum atomic E-state index is -4.81. The average Bonchev–Trinajstić information content (AvgIpc) is 3.03. The second-order valence-corrected chi connectivity index (χ2v) is 6.64.